The van der Waals surface area contributed by atoms with Gasteiger partial charge in [-0.15, -0.1) is 0 Å². The Balaban J connectivity index is 1.31. The van der Waals surface area contributed by atoms with Crippen molar-refractivity contribution in [3.05, 3.63) is 107 Å². The molecule has 7 amide bonds. The van der Waals surface area contributed by atoms with E-state index in [-0.39, 0.29) is 37.1 Å². The van der Waals surface area contributed by atoms with Gasteiger partial charge in [0.1, 0.15) is 24.4 Å². The van der Waals surface area contributed by atoms with Gasteiger partial charge in [0.15, 0.2) is 0 Å². The fourth-order valence-corrected chi connectivity index (χ4v) is 8.77. The second-order valence-electron chi connectivity index (χ2n) is 19.0. The molecule has 380 valence electrons. The summed E-state index contributed by atoms with van der Waals surface area (Å²) in [6.45, 7) is 7.63. The van der Waals surface area contributed by atoms with Crippen LogP contribution < -0.4 is 42.5 Å². The minimum absolute atomic E-state index is 0.0136. The van der Waals surface area contributed by atoms with Gasteiger partial charge in [-0.05, 0) is 75.5 Å². The number of carbonyl (C=O) groups is 7. The highest BCUT2D eigenvalue weighted by atomic mass is 16.3. The van der Waals surface area contributed by atoms with Crippen molar-refractivity contribution in [2.24, 2.45) is 5.41 Å². The molecule has 10 atom stereocenters. The molecule has 10 unspecified atom stereocenters. The summed E-state index contributed by atoms with van der Waals surface area (Å²) < 4.78 is 0. The second-order valence-corrected chi connectivity index (χ2v) is 19.0. The van der Waals surface area contributed by atoms with E-state index in [2.05, 4.69) is 42.5 Å². The van der Waals surface area contributed by atoms with Gasteiger partial charge in [-0.3, -0.25) is 38.5 Å². The lowest BCUT2D eigenvalue weighted by molar-refractivity contribution is -0.139. The summed E-state index contributed by atoms with van der Waals surface area (Å²) in [6, 6.07) is 17.6. The predicted molar refractivity (Wildman–Crippen MR) is 260 cm³/mol. The van der Waals surface area contributed by atoms with Crippen LogP contribution in [0, 0.1) is 5.41 Å². The van der Waals surface area contributed by atoms with E-state index in [0.717, 1.165) is 11.1 Å². The Morgan fingerprint density at radius 2 is 1.11 bits per heavy atom. The van der Waals surface area contributed by atoms with Crippen LogP contribution in [0.2, 0.25) is 0 Å². The van der Waals surface area contributed by atoms with Crippen molar-refractivity contribution in [1.82, 2.24) is 52.3 Å². The van der Waals surface area contributed by atoms with Crippen molar-refractivity contribution in [2.75, 3.05) is 46.9 Å². The molecule has 70 heavy (non-hydrogen) atoms. The Hall–Kier alpha value is -6.29. The van der Waals surface area contributed by atoms with E-state index >= 15 is 0 Å². The molecule has 2 fully saturated rings. The van der Waals surface area contributed by atoms with Crippen LogP contribution in [0.4, 0.5) is 0 Å². The third-order valence-corrected chi connectivity index (χ3v) is 12.9. The molecule has 11 N–H and O–H groups in total. The van der Waals surface area contributed by atoms with Gasteiger partial charge in [0, 0.05) is 36.3 Å². The van der Waals surface area contributed by atoms with E-state index in [9.17, 15) is 48.9 Å². The lowest BCUT2D eigenvalue weighted by Crippen LogP contribution is -2.62. The van der Waals surface area contributed by atoms with Crippen LogP contribution in [0.3, 0.4) is 0 Å². The molecule has 20 nitrogen and oxygen atoms in total. The van der Waals surface area contributed by atoms with E-state index in [4.69, 9.17) is 0 Å². The molecule has 0 aliphatic carbocycles. The highest BCUT2D eigenvalue weighted by Gasteiger charge is 2.47. The molecule has 0 spiro atoms. The maximum Gasteiger partial charge on any atom is 0.251 e. The lowest BCUT2D eigenvalue weighted by atomic mass is 9.84. The summed E-state index contributed by atoms with van der Waals surface area (Å²) in [6.07, 6.45) is -1.27. The number of nitrogens with zero attached hydrogens (tertiary/aromatic N) is 2. The van der Waals surface area contributed by atoms with Gasteiger partial charge in [-0.25, -0.2) is 0 Å². The summed E-state index contributed by atoms with van der Waals surface area (Å²) in [5.41, 5.74) is 1.21. The average molecular weight is 971 g/mol. The van der Waals surface area contributed by atoms with Crippen LogP contribution in [0.5, 0.6) is 0 Å². The van der Waals surface area contributed by atoms with Crippen LogP contribution in [-0.4, -0.2) is 162 Å². The molecule has 0 aromatic heterocycles. The molecule has 20 heteroatoms. The number of rotatable bonds is 21. The summed E-state index contributed by atoms with van der Waals surface area (Å²) in [5.74, 6) is -3.72. The number of benzene rings is 3. The Morgan fingerprint density at radius 1 is 0.643 bits per heavy atom. The zero-order valence-corrected chi connectivity index (χ0v) is 40.9. The maximum absolute atomic E-state index is 14.1. The molecule has 5 rings (SSSR count). The van der Waals surface area contributed by atoms with Gasteiger partial charge in [-0.2, -0.15) is 0 Å². The quantitative estimate of drug-likeness (QED) is 0.0640. The summed E-state index contributed by atoms with van der Waals surface area (Å²) in [4.78, 5) is 97.9. The summed E-state index contributed by atoms with van der Waals surface area (Å²) in [5, 5.41) is 54.0. The molecule has 2 heterocycles. The zero-order valence-electron chi connectivity index (χ0n) is 40.9. The fraction of sp³-hybridized carbons (Fsp3) is 0.500. The summed E-state index contributed by atoms with van der Waals surface area (Å²) >= 11 is 0. The number of hydrogen-bond acceptors (Lipinski definition) is 13. The van der Waals surface area contributed by atoms with Crippen LogP contribution in [0.1, 0.15) is 91.4 Å². The van der Waals surface area contributed by atoms with Crippen molar-refractivity contribution in [1.29, 1.82) is 0 Å². The van der Waals surface area contributed by atoms with E-state index in [0.29, 0.717) is 0 Å². The molecule has 2 saturated heterocycles. The van der Waals surface area contributed by atoms with Crippen molar-refractivity contribution in [3.63, 3.8) is 0 Å². The molecule has 0 saturated carbocycles. The van der Waals surface area contributed by atoms with Gasteiger partial charge < -0.3 is 62.8 Å². The number of hydrogen-bond donors (Lipinski definition) is 11. The lowest BCUT2D eigenvalue weighted by Gasteiger charge is -2.41. The van der Waals surface area contributed by atoms with Gasteiger partial charge in [0.05, 0.1) is 43.9 Å². The monoisotopic (exact) mass is 971 g/mol. The minimum atomic E-state index is -1.41. The number of amides is 7. The molecular weight excluding hydrogens is 901 g/mol. The first-order valence-corrected chi connectivity index (χ1v) is 23.6. The first kappa shape index (κ1) is 54.6. The number of nitrogens with one attached hydrogen (secondary N) is 8. The number of likely N-dealkylation sites (N-methyl/N-ethyl adjacent to an activating group) is 2. The second kappa shape index (κ2) is 25.0. The largest absolute Gasteiger partial charge is 0.394 e. The van der Waals surface area contributed by atoms with E-state index < -0.39 is 127 Å². The zero-order chi connectivity index (χ0) is 51.3. The molecule has 2 aliphatic heterocycles. The molecule has 3 aromatic carbocycles. The molecule has 0 bridgehead atoms. The van der Waals surface area contributed by atoms with Gasteiger partial charge in [-0.1, -0.05) is 87.5 Å². The first-order valence-electron chi connectivity index (χ1n) is 23.6. The van der Waals surface area contributed by atoms with Crippen molar-refractivity contribution < 1.29 is 48.9 Å². The number of carbonyl (C=O) groups excluding carboxylic acids is 7. The number of likely N-dealkylation sites (tertiary alicyclic amines) is 2. The predicted octanol–water partition coefficient (Wildman–Crippen LogP) is -0.560. The summed E-state index contributed by atoms with van der Waals surface area (Å²) in [7, 11) is 3.02. The number of aliphatic hydroxyl groups excluding tert-OH is 3. The highest BCUT2D eigenvalue weighted by Crippen LogP contribution is 2.30. The van der Waals surface area contributed by atoms with E-state index in [1.54, 1.807) is 4.90 Å². The third kappa shape index (κ3) is 14.2. The standard InChI is InChI=1S/C50H70N10O10/c1-29(31-15-10-8-11-16-31)54-47(68)39-22-35(25-59(39)41(63)24-53-45(66)37(27-61)51-6)56-43(64)33-19-14-20-34(21-33)44(65)57-36-23-40(48(69)55-30(2)32-17-12-9-13-18-32)60(26-36)49(70)42(50(3,4)5)58-46(67)38(28-62)52-7/h8-21,29-30,35-40,42,49,51-52,61-62,70H,22-28H2,1-7H3,(H,53,66)(H,54,68)(H,55,69)(H,56,64)(H,57,65)(H,58,67). The fourth-order valence-electron chi connectivity index (χ4n) is 8.77. The molecule has 3 aromatic rings. The van der Waals surface area contributed by atoms with Gasteiger partial charge in [0.25, 0.3) is 11.8 Å². The van der Waals surface area contributed by atoms with Crippen molar-refractivity contribution in [2.45, 2.75) is 108 Å². The van der Waals surface area contributed by atoms with Crippen LogP contribution >= 0.6 is 0 Å². The topological polar surface area (TPSA) is 283 Å². The molecular formula is C50H70N10O10. The Morgan fingerprint density at radius 3 is 1.60 bits per heavy atom. The van der Waals surface area contributed by atoms with Crippen LogP contribution in [-0.2, 0) is 24.0 Å². The van der Waals surface area contributed by atoms with Gasteiger partial charge in [0.2, 0.25) is 29.5 Å². The van der Waals surface area contributed by atoms with Gasteiger partial charge >= 0.3 is 0 Å². The first-order chi connectivity index (χ1) is 33.3. The minimum Gasteiger partial charge on any atom is -0.394 e. The van der Waals surface area contributed by atoms with Crippen molar-refractivity contribution in [3.8, 4) is 0 Å². The highest BCUT2D eigenvalue weighted by molar-refractivity contribution is 6.00. The third-order valence-electron chi connectivity index (χ3n) is 12.9. The Labute approximate surface area is 409 Å². The molecule has 0 radical (unpaired) electrons. The Kier molecular flexibility index (Phi) is 19.5. The number of aliphatic hydroxyl groups is 3. The SMILES string of the molecule is CNC(CO)C(=O)NCC(=O)N1CC(NC(=O)c2cccc(C(=O)NC3CC(C(=O)NC(C)c4ccccc4)N(C(O)C(NC(=O)C(CO)NC)C(C)(C)C)C3)c2)CC1C(=O)NC(C)c1ccccc1. The normalized spacial score (nSPS) is 20.7. The molecule has 2 aliphatic rings. The van der Waals surface area contributed by atoms with Crippen LogP contribution in [0.15, 0.2) is 84.9 Å². The average Bonchev–Trinajstić information content (AvgIpc) is 3.98. The van der Waals surface area contributed by atoms with Crippen LogP contribution in [0.25, 0.3) is 0 Å². The smallest absolute Gasteiger partial charge is 0.251 e. The Bertz CT molecular complexity index is 2270. The van der Waals surface area contributed by atoms with Crippen molar-refractivity contribution >= 4 is 41.4 Å². The maximum atomic E-state index is 14.1. The van der Waals surface area contributed by atoms with E-state index in [1.165, 1.54) is 43.3 Å². The van der Waals surface area contributed by atoms with E-state index in [1.807, 2.05) is 95.3 Å².